The van der Waals surface area contributed by atoms with Crippen molar-refractivity contribution < 1.29 is 14.3 Å². The van der Waals surface area contributed by atoms with Gasteiger partial charge in [-0.05, 0) is 30.9 Å². The summed E-state index contributed by atoms with van der Waals surface area (Å²) in [5.41, 5.74) is 1.87. The first-order chi connectivity index (χ1) is 13.3. The van der Waals surface area contributed by atoms with Crippen LogP contribution in [0.4, 0.5) is 0 Å². The molecule has 0 bridgehead atoms. The van der Waals surface area contributed by atoms with Crippen LogP contribution in [-0.2, 0) is 9.53 Å². The van der Waals surface area contributed by atoms with Crippen molar-refractivity contribution in [2.45, 2.75) is 18.8 Å². The number of fused-ring (bicyclic) bond motifs is 2. The van der Waals surface area contributed by atoms with Gasteiger partial charge in [-0.2, -0.15) is 0 Å². The zero-order valence-corrected chi connectivity index (χ0v) is 15.3. The molecule has 0 N–H and O–H groups in total. The fraction of sp³-hybridized carbons (Fsp3) is 0.348. The molecule has 4 rings (SSSR count). The van der Waals surface area contributed by atoms with E-state index in [-0.39, 0.29) is 11.8 Å². The lowest BCUT2D eigenvalue weighted by Crippen LogP contribution is -2.44. The van der Waals surface area contributed by atoms with Crippen molar-refractivity contribution in [1.82, 2.24) is 4.90 Å². The van der Waals surface area contributed by atoms with E-state index in [9.17, 15) is 4.79 Å². The van der Waals surface area contributed by atoms with Gasteiger partial charge in [0.25, 0.3) is 0 Å². The molecule has 2 aromatic carbocycles. The zero-order chi connectivity index (χ0) is 18.6. The molecular formula is C23H23NO3. The highest BCUT2D eigenvalue weighted by Gasteiger charge is 2.36. The molecule has 27 heavy (non-hydrogen) atoms. The van der Waals surface area contributed by atoms with Crippen molar-refractivity contribution in [1.29, 1.82) is 0 Å². The Balaban J connectivity index is 1.59. The van der Waals surface area contributed by atoms with Gasteiger partial charge in [-0.1, -0.05) is 42.3 Å². The van der Waals surface area contributed by atoms with Crippen LogP contribution in [0.3, 0.4) is 0 Å². The average Bonchev–Trinajstić information content (AvgIpc) is 2.72. The summed E-state index contributed by atoms with van der Waals surface area (Å²) in [5.74, 6) is 4.18. The van der Waals surface area contributed by atoms with E-state index in [0.29, 0.717) is 25.7 Å². The van der Waals surface area contributed by atoms with Gasteiger partial charge in [-0.3, -0.25) is 4.79 Å². The van der Waals surface area contributed by atoms with Gasteiger partial charge in [0.05, 0.1) is 12.5 Å². The number of hydrogen-bond acceptors (Lipinski definition) is 3. The number of carbonyl (C=O) groups is 1. The molecule has 1 saturated heterocycles. The second-order valence-electron chi connectivity index (χ2n) is 7.12. The lowest BCUT2D eigenvalue weighted by Gasteiger charge is -2.36. The zero-order valence-electron chi connectivity index (χ0n) is 15.3. The normalized spacial score (nSPS) is 18.8. The fourth-order valence-corrected chi connectivity index (χ4v) is 4.04. The lowest BCUT2D eigenvalue weighted by atomic mass is 9.86. The second kappa shape index (κ2) is 7.85. The van der Waals surface area contributed by atoms with E-state index < -0.39 is 0 Å². The fourth-order valence-electron chi connectivity index (χ4n) is 4.04. The number of amides is 1. The molecule has 2 heterocycles. The Morgan fingerprint density at radius 2 is 1.81 bits per heavy atom. The predicted molar refractivity (Wildman–Crippen MR) is 104 cm³/mol. The smallest absolute Gasteiger partial charge is 0.234 e. The monoisotopic (exact) mass is 361 g/mol. The molecule has 4 nitrogen and oxygen atoms in total. The number of carbonyl (C=O) groups excluding carboxylic acids is 1. The first kappa shape index (κ1) is 17.6. The van der Waals surface area contributed by atoms with Crippen LogP contribution in [0.15, 0.2) is 48.5 Å². The minimum Gasteiger partial charge on any atom is -0.457 e. The summed E-state index contributed by atoms with van der Waals surface area (Å²) in [4.78, 5) is 15.5. The third-order valence-corrected chi connectivity index (χ3v) is 5.30. The van der Waals surface area contributed by atoms with Crippen molar-refractivity contribution >= 4 is 5.91 Å². The van der Waals surface area contributed by atoms with Gasteiger partial charge < -0.3 is 14.4 Å². The number of rotatable bonds is 4. The van der Waals surface area contributed by atoms with Crippen LogP contribution < -0.4 is 4.74 Å². The SMILES string of the molecule is C#CCOCC1CCCN(C(=O)C2c3ccccc3Oc3ccccc32)C1. The molecule has 0 spiro atoms. The summed E-state index contributed by atoms with van der Waals surface area (Å²) in [7, 11) is 0. The van der Waals surface area contributed by atoms with Gasteiger partial charge in [0.1, 0.15) is 18.1 Å². The van der Waals surface area contributed by atoms with Gasteiger partial charge >= 0.3 is 0 Å². The first-order valence-electron chi connectivity index (χ1n) is 9.43. The molecule has 2 aliphatic heterocycles. The molecule has 1 fully saturated rings. The van der Waals surface area contributed by atoms with E-state index in [0.717, 1.165) is 42.0 Å². The van der Waals surface area contributed by atoms with Gasteiger partial charge in [-0.15, -0.1) is 6.42 Å². The largest absolute Gasteiger partial charge is 0.457 e. The summed E-state index contributed by atoms with van der Waals surface area (Å²) in [6.45, 7) is 2.43. The van der Waals surface area contributed by atoms with Crippen molar-refractivity contribution in [3.63, 3.8) is 0 Å². The summed E-state index contributed by atoms with van der Waals surface area (Å²) >= 11 is 0. The Morgan fingerprint density at radius 1 is 1.15 bits per heavy atom. The molecule has 2 aliphatic rings. The van der Waals surface area contributed by atoms with Crippen LogP contribution >= 0.6 is 0 Å². The number of nitrogens with zero attached hydrogens (tertiary/aromatic N) is 1. The van der Waals surface area contributed by atoms with E-state index in [1.807, 2.05) is 53.4 Å². The predicted octanol–water partition coefficient (Wildman–Crippen LogP) is 3.81. The molecule has 2 aromatic rings. The maximum absolute atomic E-state index is 13.6. The van der Waals surface area contributed by atoms with E-state index in [1.165, 1.54) is 0 Å². The number of ether oxygens (including phenoxy) is 2. The average molecular weight is 361 g/mol. The van der Waals surface area contributed by atoms with E-state index in [2.05, 4.69) is 5.92 Å². The molecule has 0 aliphatic carbocycles. The van der Waals surface area contributed by atoms with Crippen LogP contribution in [0.2, 0.25) is 0 Å². The number of terminal acetylenes is 1. The van der Waals surface area contributed by atoms with Crippen LogP contribution in [0, 0.1) is 18.3 Å². The molecule has 1 amide bonds. The molecule has 1 unspecified atom stereocenters. The Morgan fingerprint density at radius 3 is 2.48 bits per heavy atom. The highest BCUT2D eigenvalue weighted by Crippen LogP contribution is 2.44. The quantitative estimate of drug-likeness (QED) is 0.614. The lowest BCUT2D eigenvalue weighted by molar-refractivity contribution is -0.134. The molecular weight excluding hydrogens is 338 g/mol. The van der Waals surface area contributed by atoms with E-state index >= 15 is 0 Å². The number of hydrogen-bond donors (Lipinski definition) is 0. The maximum atomic E-state index is 13.6. The summed E-state index contributed by atoms with van der Waals surface area (Å²) in [6, 6.07) is 15.6. The van der Waals surface area contributed by atoms with Crippen molar-refractivity contribution in [2.75, 3.05) is 26.3 Å². The standard InChI is InChI=1S/C23H23NO3/c1-2-14-26-16-17-8-7-13-24(15-17)23(25)22-18-9-3-5-11-20(18)27-21-12-6-4-10-19(21)22/h1,3-6,9-12,17,22H,7-8,13-16H2. The van der Waals surface area contributed by atoms with Gasteiger partial charge in [0.2, 0.25) is 5.91 Å². The minimum atomic E-state index is -0.323. The number of benzene rings is 2. The number of piperidine rings is 1. The molecule has 0 saturated carbocycles. The Kier molecular flexibility index (Phi) is 5.13. The Labute approximate surface area is 160 Å². The van der Waals surface area contributed by atoms with Gasteiger partial charge in [0, 0.05) is 24.2 Å². The van der Waals surface area contributed by atoms with Crippen molar-refractivity contribution in [2.24, 2.45) is 5.92 Å². The van der Waals surface area contributed by atoms with Gasteiger partial charge in [0.15, 0.2) is 0 Å². The topological polar surface area (TPSA) is 38.8 Å². The van der Waals surface area contributed by atoms with Crippen molar-refractivity contribution in [3.8, 4) is 23.8 Å². The highest BCUT2D eigenvalue weighted by molar-refractivity contribution is 5.89. The molecule has 138 valence electrons. The molecule has 0 radical (unpaired) electrons. The third-order valence-electron chi connectivity index (χ3n) is 5.30. The first-order valence-corrected chi connectivity index (χ1v) is 9.43. The van der Waals surface area contributed by atoms with Crippen molar-refractivity contribution in [3.05, 3.63) is 59.7 Å². The van der Waals surface area contributed by atoms with E-state index in [4.69, 9.17) is 15.9 Å². The Bertz CT molecular complexity index is 824. The molecule has 1 atom stereocenters. The summed E-state index contributed by atoms with van der Waals surface area (Å²) < 4.78 is 11.5. The van der Waals surface area contributed by atoms with Gasteiger partial charge in [-0.25, -0.2) is 0 Å². The molecule has 4 heteroatoms. The third kappa shape index (κ3) is 3.56. The Hall–Kier alpha value is -2.77. The second-order valence-corrected chi connectivity index (χ2v) is 7.12. The van der Waals surface area contributed by atoms with Crippen LogP contribution in [0.25, 0.3) is 0 Å². The summed E-state index contributed by atoms with van der Waals surface area (Å²) in [6.07, 6.45) is 7.31. The number of likely N-dealkylation sites (tertiary alicyclic amines) is 1. The number of para-hydroxylation sites is 2. The van der Waals surface area contributed by atoms with E-state index in [1.54, 1.807) is 0 Å². The molecule has 0 aromatic heterocycles. The van der Waals surface area contributed by atoms with Crippen LogP contribution in [0.1, 0.15) is 29.9 Å². The summed E-state index contributed by atoms with van der Waals surface area (Å²) in [5, 5.41) is 0. The maximum Gasteiger partial charge on any atom is 0.234 e. The van der Waals surface area contributed by atoms with Crippen LogP contribution in [-0.4, -0.2) is 37.1 Å². The van der Waals surface area contributed by atoms with Crippen LogP contribution in [0.5, 0.6) is 11.5 Å². The highest BCUT2D eigenvalue weighted by atomic mass is 16.5. The minimum absolute atomic E-state index is 0.139.